The zero-order valence-corrected chi connectivity index (χ0v) is 14.3. The number of hydrogen-bond donors (Lipinski definition) is 0. The fraction of sp³-hybridized carbons (Fsp3) is 1.00. The van der Waals surface area contributed by atoms with Gasteiger partial charge in [-0.3, -0.25) is 0 Å². The maximum absolute atomic E-state index is 6.47. The molecule has 0 aliphatic heterocycles. The van der Waals surface area contributed by atoms with E-state index < -0.39 is 0 Å². The highest BCUT2D eigenvalue weighted by atomic mass is 16.5. The lowest BCUT2D eigenvalue weighted by Crippen LogP contribution is -2.46. The van der Waals surface area contributed by atoms with Crippen LogP contribution in [0, 0.1) is 28.6 Å². The van der Waals surface area contributed by atoms with Crippen LogP contribution in [0.2, 0.25) is 0 Å². The lowest BCUT2D eigenvalue weighted by Gasteiger charge is -2.47. The summed E-state index contributed by atoms with van der Waals surface area (Å²) in [5, 5.41) is 0. The molecular formula is C19H34O. The van der Waals surface area contributed by atoms with Gasteiger partial charge in [0.1, 0.15) is 0 Å². The monoisotopic (exact) mass is 278 g/mol. The van der Waals surface area contributed by atoms with Crippen molar-refractivity contribution in [3.63, 3.8) is 0 Å². The summed E-state index contributed by atoms with van der Waals surface area (Å²) >= 11 is 0. The van der Waals surface area contributed by atoms with Crippen LogP contribution in [0.25, 0.3) is 0 Å². The summed E-state index contributed by atoms with van der Waals surface area (Å²) in [6.45, 7) is 13.3. The second-order valence-electron chi connectivity index (χ2n) is 8.86. The van der Waals surface area contributed by atoms with Crippen LogP contribution in [0.15, 0.2) is 0 Å². The lowest BCUT2D eigenvalue weighted by atomic mass is 9.64. The number of unbranched alkanes of at least 4 members (excludes halogenated alkanes) is 1. The molecule has 0 aromatic heterocycles. The molecule has 3 saturated carbocycles. The molecule has 0 N–H and O–H groups in total. The molecule has 0 radical (unpaired) electrons. The zero-order chi connectivity index (χ0) is 14.6. The molecule has 1 spiro atoms. The van der Waals surface area contributed by atoms with Crippen molar-refractivity contribution in [1.29, 1.82) is 0 Å². The quantitative estimate of drug-likeness (QED) is 0.623. The molecule has 20 heavy (non-hydrogen) atoms. The Morgan fingerprint density at radius 1 is 1.05 bits per heavy atom. The van der Waals surface area contributed by atoms with Crippen LogP contribution in [0.4, 0.5) is 0 Å². The van der Waals surface area contributed by atoms with E-state index in [0.29, 0.717) is 10.8 Å². The fourth-order valence-corrected chi connectivity index (χ4v) is 6.48. The molecule has 2 bridgehead atoms. The average Bonchev–Trinajstić information content (AvgIpc) is 2.81. The Balaban J connectivity index is 1.84. The normalized spacial score (nSPS) is 49.4. The third-order valence-electron chi connectivity index (χ3n) is 7.70. The molecule has 3 fully saturated rings. The molecule has 0 saturated heterocycles. The molecule has 3 aliphatic carbocycles. The van der Waals surface area contributed by atoms with E-state index in [1.807, 2.05) is 0 Å². The molecule has 116 valence electrons. The van der Waals surface area contributed by atoms with E-state index in [0.717, 1.165) is 24.4 Å². The second-order valence-corrected chi connectivity index (χ2v) is 8.86. The Morgan fingerprint density at radius 3 is 2.50 bits per heavy atom. The van der Waals surface area contributed by atoms with E-state index in [-0.39, 0.29) is 5.60 Å². The molecule has 0 heterocycles. The zero-order valence-electron chi connectivity index (χ0n) is 14.3. The molecule has 1 nitrogen and oxygen atoms in total. The first kappa shape index (κ1) is 14.9. The second kappa shape index (κ2) is 4.73. The average molecular weight is 278 g/mol. The van der Waals surface area contributed by atoms with Gasteiger partial charge < -0.3 is 4.74 Å². The van der Waals surface area contributed by atoms with Gasteiger partial charge in [-0.2, -0.15) is 0 Å². The van der Waals surface area contributed by atoms with Gasteiger partial charge in [0.2, 0.25) is 0 Å². The van der Waals surface area contributed by atoms with E-state index >= 15 is 0 Å². The Morgan fingerprint density at radius 2 is 1.80 bits per heavy atom. The Kier molecular flexibility index (Phi) is 3.52. The van der Waals surface area contributed by atoms with Crippen molar-refractivity contribution >= 4 is 0 Å². The smallest absolute Gasteiger partial charge is 0.0688 e. The van der Waals surface area contributed by atoms with Crippen molar-refractivity contribution < 1.29 is 4.74 Å². The molecule has 0 aromatic carbocycles. The van der Waals surface area contributed by atoms with Crippen LogP contribution in [-0.4, -0.2) is 12.2 Å². The highest BCUT2D eigenvalue weighted by Crippen LogP contribution is 2.73. The minimum Gasteiger partial charge on any atom is -0.375 e. The third-order valence-corrected chi connectivity index (χ3v) is 7.70. The third kappa shape index (κ3) is 1.84. The standard InChI is InChI=1S/C19H34O/c1-6-7-12-20-18(5)10-11-19-13-16(18)17(3,4)15(19)9-8-14(19)2/h14-16H,6-13H2,1-5H3/t14-,15+,16-,18?,19+/m1/s1. The first-order chi connectivity index (χ1) is 9.37. The van der Waals surface area contributed by atoms with Gasteiger partial charge in [-0.05, 0) is 74.0 Å². The van der Waals surface area contributed by atoms with Crippen LogP contribution >= 0.6 is 0 Å². The number of fused-ring (bicyclic) bond motifs is 1. The Labute approximate surface area is 125 Å². The molecule has 5 atom stereocenters. The lowest BCUT2D eigenvalue weighted by molar-refractivity contribution is -0.123. The molecular weight excluding hydrogens is 244 g/mol. The topological polar surface area (TPSA) is 9.23 Å². The van der Waals surface area contributed by atoms with Gasteiger partial charge in [0.15, 0.2) is 0 Å². The maximum atomic E-state index is 6.47. The molecule has 0 aromatic rings. The van der Waals surface area contributed by atoms with E-state index in [1.165, 1.54) is 44.9 Å². The summed E-state index contributed by atoms with van der Waals surface area (Å²) in [4.78, 5) is 0. The van der Waals surface area contributed by atoms with Gasteiger partial charge >= 0.3 is 0 Å². The molecule has 1 heteroatoms. The van der Waals surface area contributed by atoms with Crippen LogP contribution in [-0.2, 0) is 4.74 Å². The van der Waals surface area contributed by atoms with Crippen molar-refractivity contribution in [2.45, 2.75) is 85.2 Å². The minimum atomic E-state index is 0.147. The van der Waals surface area contributed by atoms with Crippen molar-refractivity contribution in [2.24, 2.45) is 28.6 Å². The summed E-state index contributed by atoms with van der Waals surface area (Å²) in [6.07, 6.45) is 9.55. The van der Waals surface area contributed by atoms with Gasteiger partial charge in [0.05, 0.1) is 5.60 Å². The molecule has 3 aliphatic rings. The maximum Gasteiger partial charge on any atom is 0.0688 e. The summed E-state index contributed by atoms with van der Waals surface area (Å²) in [6, 6.07) is 0. The van der Waals surface area contributed by atoms with Crippen LogP contribution in [0.5, 0.6) is 0 Å². The molecule has 0 amide bonds. The van der Waals surface area contributed by atoms with E-state index in [1.54, 1.807) is 0 Å². The largest absolute Gasteiger partial charge is 0.375 e. The van der Waals surface area contributed by atoms with Gasteiger partial charge in [0, 0.05) is 6.61 Å². The van der Waals surface area contributed by atoms with E-state index in [9.17, 15) is 0 Å². The van der Waals surface area contributed by atoms with Crippen molar-refractivity contribution in [1.82, 2.24) is 0 Å². The minimum absolute atomic E-state index is 0.147. The number of hydrogen-bond acceptors (Lipinski definition) is 1. The summed E-state index contributed by atoms with van der Waals surface area (Å²) in [7, 11) is 0. The Hall–Kier alpha value is -0.0400. The van der Waals surface area contributed by atoms with Gasteiger partial charge in [-0.25, -0.2) is 0 Å². The van der Waals surface area contributed by atoms with Crippen LogP contribution < -0.4 is 0 Å². The number of ether oxygens (including phenoxy) is 1. The Bertz CT molecular complexity index is 374. The summed E-state index contributed by atoms with van der Waals surface area (Å²) in [5.74, 6) is 2.66. The highest BCUT2D eigenvalue weighted by molar-refractivity contribution is 5.17. The van der Waals surface area contributed by atoms with Gasteiger partial charge in [-0.15, -0.1) is 0 Å². The van der Waals surface area contributed by atoms with E-state index in [4.69, 9.17) is 4.74 Å². The highest BCUT2D eigenvalue weighted by Gasteiger charge is 2.68. The summed E-state index contributed by atoms with van der Waals surface area (Å²) in [5.41, 5.74) is 1.29. The molecule has 1 unspecified atom stereocenters. The van der Waals surface area contributed by atoms with Crippen LogP contribution in [0.3, 0.4) is 0 Å². The summed E-state index contributed by atoms with van der Waals surface area (Å²) < 4.78 is 6.47. The predicted molar refractivity (Wildman–Crippen MR) is 84.7 cm³/mol. The van der Waals surface area contributed by atoms with Crippen molar-refractivity contribution in [3.05, 3.63) is 0 Å². The van der Waals surface area contributed by atoms with Gasteiger partial charge in [0.25, 0.3) is 0 Å². The first-order valence-corrected chi connectivity index (χ1v) is 9.01. The van der Waals surface area contributed by atoms with Crippen molar-refractivity contribution in [3.8, 4) is 0 Å². The van der Waals surface area contributed by atoms with Gasteiger partial charge in [-0.1, -0.05) is 34.1 Å². The first-order valence-electron chi connectivity index (χ1n) is 9.01. The van der Waals surface area contributed by atoms with Crippen molar-refractivity contribution in [2.75, 3.05) is 6.61 Å². The number of rotatable bonds is 4. The SMILES string of the molecule is CCCCOC1(C)CC[C@@]23C[C@@H]1C(C)(C)[C@@H]2CC[C@H]3C. The van der Waals surface area contributed by atoms with Crippen LogP contribution in [0.1, 0.15) is 79.6 Å². The molecule has 3 rings (SSSR count). The fourth-order valence-electron chi connectivity index (χ4n) is 6.48. The predicted octanol–water partition coefficient (Wildman–Crippen LogP) is 5.43. The van der Waals surface area contributed by atoms with E-state index in [2.05, 4.69) is 34.6 Å².